The highest BCUT2D eigenvalue weighted by Gasteiger charge is 2.21. The Kier molecular flexibility index (Phi) is 4.36. The van der Waals surface area contributed by atoms with E-state index in [4.69, 9.17) is 4.98 Å². The number of aryl methyl sites for hydroxylation is 1. The molecule has 0 amide bonds. The van der Waals surface area contributed by atoms with E-state index in [1.807, 2.05) is 0 Å². The van der Waals surface area contributed by atoms with Crippen LogP contribution >= 0.6 is 0 Å². The van der Waals surface area contributed by atoms with Crippen molar-refractivity contribution in [1.82, 2.24) is 14.9 Å². The van der Waals surface area contributed by atoms with E-state index in [-0.39, 0.29) is 5.56 Å². The first-order chi connectivity index (χ1) is 12.2. The fourth-order valence-corrected chi connectivity index (χ4v) is 3.71. The number of aromatic amines is 1. The van der Waals surface area contributed by atoms with E-state index in [1.165, 1.54) is 16.3 Å². The number of fused-ring (bicyclic) bond motifs is 2. The van der Waals surface area contributed by atoms with Gasteiger partial charge in [-0.1, -0.05) is 49.4 Å². The third-order valence-electron chi connectivity index (χ3n) is 4.96. The second-order valence-corrected chi connectivity index (χ2v) is 6.79. The molecular formula is C21H23N3O. The second-order valence-electron chi connectivity index (χ2n) is 6.79. The molecule has 128 valence electrons. The first kappa shape index (κ1) is 16.0. The number of nitrogens with zero attached hydrogens (tertiary/aromatic N) is 2. The van der Waals surface area contributed by atoms with Crippen molar-refractivity contribution in [3.63, 3.8) is 0 Å². The van der Waals surface area contributed by atoms with E-state index in [0.29, 0.717) is 0 Å². The van der Waals surface area contributed by atoms with Gasteiger partial charge in [-0.25, -0.2) is 4.98 Å². The highest BCUT2D eigenvalue weighted by Crippen LogP contribution is 2.22. The molecular weight excluding hydrogens is 310 g/mol. The summed E-state index contributed by atoms with van der Waals surface area (Å²) in [5.74, 6) is 0.818. The van der Waals surface area contributed by atoms with Gasteiger partial charge in [0.2, 0.25) is 0 Å². The molecule has 1 aliphatic rings. The van der Waals surface area contributed by atoms with Gasteiger partial charge in [-0.15, -0.1) is 0 Å². The van der Waals surface area contributed by atoms with Gasteiger partial charge < -0.3 is 4.98 Å². The number of aromatic nitrogens is 2. The minimum absolute atomic E-state index is 0.0539. The third-order valence-corrected chi connectivity index (χ3v) is 4.96. The molecule has 0 saturated carbocycles. The molecule has 4 nitrogen and oxygen atoms in total. The number of hydrogen-bond donors (Lipinski definition) is 1. The van der Waals surface area contributed by atoms with Crippen LogP contribution in [0.15, 0.2) is 47.3 Å². The summed E-state index contributed by atoms with van der Waals surface area (Å²) in [5.41, 5.74) is 3.21. The Morgan fingerprint density at radius 1 is 1.16 bits per heavy atom. The average molecular weight is 333 g/mol. The van der Waals surface area contributed by atoms with Crippen molar-refractivity contribution in [3.8, 4) is 0 Å². The quantitative estimate of drug-likeness (QED) is 0.796. The van der Waals surface area contributed by atoms with Crippen molar-refractivity contribution in [1.29, 1.82) is 0 Å². The molecule has 2 heterocycles. The van der Waals surface area contributed by atoms with Crippen molar-refractivity contribution in [2.24, 2.45) is 0 Å². The number of nitrogens with one attached hydrogen (secondary N) is 1. The Morgan fingerprint density at radius 3 is 2.88 bits per heavy atom. The van der Waals surface area contributed by atoms with Crippen LogP contribution in [-0.4, -0.2) is 21.4 Å². The smallest absolute Gasteiger partial charge is 0.254 e. The molecule has 2 aromatic carbocycles. The summed E-state index contributed by atoms with van der Waals surface area (Å²) < 4.78 is 0. The zero-order valence-corrected chi connectivity index (χ0v) is 14.6. The van der Waals surface area contributed by atoms with Gasteiger partial charge in [0.1, 0.15) is 5.82 Å². The lowest BCUT2D eigenvalue weighted by Crippen LogP contribution is -2.35. The Hall–Kier alpha value is -2.46. The van der Waals surface area contributed by atoms with E-state index >= 15 is 0 Å². The van der Waals surface area contributed by atoms with Gasteiger partial charge in [-0.3, -0.25) is 9.69 Å². The summed E-state index contributed by atoms with van der Waals surface area (Å²) in [4.78, 5) is 22.3. The van der Waals surface area contributed by atoms with Gasteiger partial charge in [0.25, 0.3) is 5.56 Å². The molecule has 0 aliphatic carbocycles. The summed E-state index contributed by atoms with van der Waals surface area (Å²) in [6.45, 7) is 4.64. The van der Waals surface area contributed by atoms with Crippen LogP contribution in [0.4, 0.5) is 0 Å². The van der Waals surface area contributed by atoms with Gasteiger partial charge in [0.05, 0.1) is 5.69 Å². The molecule has 1 aromatic heterocycles. The first-order valence-corrected chi connectivity index (χ1v) is 9.04. The van der Waals surface area contributed by atoms with Crippen molar-refractivity contribution in [2.75, 3.05) is 6.54 Å². The van der Waals surface area contributed by atoms with Gasteiger partial charge in [0, 0.05) is 31.6 Å². The Morgan fingerprint density at radius 2 is 2.00 bits per heavy atom. The van der Waals surface area contributed by atoms with Gasteiger partial charge in [-0.2, -0.15) is 0 Å². The van der Waals surface area contributed by atoms with Crippen LogP contribution in [0.25, 0.3) is 10.8 Å². The lowest BCUT2D eigenvalue weighted by molar-refractivity contribution is 0.241. The SMILES string of the molecule is CCCc1nc2c(c(=O)[nH]1)CCN(Cc1cccc3ccccc13)C2. The van der Waals surface area contributed by atoms with E-state index in [9.17, 15) is 4.79 Å². The fourth-order valence-electron chi connectivity index (χ4n) is 3.71. The lowest BCUT2D eigenvalue weighted by Gasteiger charge is -2.28. The summed E-state index contributed by atoms with van der Waals surface area (Å²) in [5, 5.41) is 2.58. The van der Waals surface area contributed by atoms with Crippen LogP contribution in [-0.2, 0) is 25.9 Å². The molecule has 1 aliphatic heterocycles. The highest BCUT2D eigenvalue weighted by atomic mass is 16.1. The van der Waals surface area contributed by atoms with Crippen molar-refractivity contribution in [3.05, 3.63) is 75.5 Å². The van der Waals surface area contributed by atoms with Crippen LogP contribution in [0.2, 0.25) is 0 Å². The Balaban J connectivity index is 1.61. The van der Waals surface area contributed by atoms with Crippen LogP contribution < -0.4 is 5.56 Å². The van der Waals surface area contributed by atoms with Gasteiger partial charge in [0.15, 0.2) is 0 Å². The molecule has 4 rings (SSSR count). The molecule has 0 unspecified atom stereocenters. The first-order valence-electron chi connectivity index (χ1n) is 9.04. The van der Waals surface area contributed by atoms with Crippen molar-refractivity contribution in [2.45, 2.75) is 39.3 Å². The Labute approximate surface area is 147 Å². The maximum Gasteiger partial charge on any atom is 0.254 e. The molecule has 0 spiro atoms. The fraction of sp³-hybridized carbons (Fsp3) is 0.333. The summed E-state index contributed by atoms with van der Waals surface area (Å²) in [6.07, 6.45) is 2.59. The van der Waals surface area contributed by atoms with Crippen LogP contribution in [0.3, 0.4) is 0 Å². The zero-order chi connectivity index (χ0) is 17.2. The topological polar surface area (TPSA) is 49.0 Å². The predicted molar refractivity (Wildman–Crippen MR) is 101 cm³/mol. The summed E-state index contributed by atoms with van der Waals surface area (Å²) >= 11 is 0. The molecule has 25 heavy (non-hydrogen) atoms. The van der Waals surface area contributed by atoms with E-state index in [2.05, 4.69) is 59.3 Å². The van der Waals surface area contributed by atoms with Crippen LogP contribution in [0, 0.1) is 0 Å². The van der Waals surface area contributed by atoms with Gasteiger partial charge in [-0.05, 0) is 29.2 Å². The average Bonchev–Trinajstić information content (AvgIpc) is 2.62. The molecule has 0 saturated heterocycles. The maximum absolute atomic E-state index is 12.3. The number of hydrogen-bond acceptors (Lipinski definition) is 3. The minimum Gasteiger partial charge on any atom is -0.310 e. The van der Waals surface area contributed by atoms with Crippen molar-refractivity contribution < 1.29 is 0 Å². The monoisotopic (exact) mass is 333 g/mol. The largest absolute Gasteiger partial charge is 0.310 e. The Bertz CT molecular complexity index is 956. The highest BCUT2D eigenvalue weighted by molar-refractivity contribution is 5.85. The van der Waals surface area contributed by atoms with E-state index in [1.54, 1.807) is 0 Å². The second kappa shape index (κ2) is 6.81. The number of benzene rings is 2. The lowest BCUT2D eigenvalue weighted by atomic mass is 10.0. The summed E-state index contributed by atoms with van der Waals surface area (Å²) in [6, 6.07) is 15.0. The molecule has 0 fully saturated rings. The molecule has 3 aromatic rings. The predicted octanol–water partition coefficient (Wildman–Crippen LogP) is 3.43. The molecule has 1 N–H and O–H groups in total. The van der Waals surface area contributed by atoms with E-state index in [0.717, 1.165) is 56.0 Å². The standard InChI is InChI=1S/C21H23N3O/c1-2-6-20-22-19-14-24(12-11-18(19)21(25)23-20)13-16-9-5-8-15-7-3-4-10-17(15)16/h3-5,7-10H,2,6,11-14H2,1H3,(H,22,23,25). The third kappa shape index (κ3) is 3.22. The normalized spacial score (nSPS) is 14.6. The zero-order valence-electron chi connectivity index (χ0n) is 14.6. The van der Waals surface area contributed by atoms with Crippen LogP contribution in [0.5, 0.6) is 0 Å². The van der Waals surface area contributed by atoms with Gasteiger partial charge >= 0.3 is 0 Å². The van der Waals surface area contributed by atoms with Crippen LogP contribution in [0.1, 0.15) is 36.0 Å². The molecule has 4 heteroatoms. The van der Waals surface area contributed by atoms with E-state index < -0.39 is 0 Å². The molecule has 0 radical (unpaired) electrons. The number of H-pyrrole nitrogens is 1. The molecule has 0 bridgehead atoms. The maximum atomic E-state index is 12.3. The minimum atomic E-state index is 0.0539. The number of rotatable bonds is 4. The molecule has 0 atom stereocenters. The summed E-state index contributed by atoms with van der Waals surface area (Å²) in [7, 11) is 0. The van der Waals surface area contributed by atoms with Crippen molar-refractivity contribution >= 4 is 10.8 Å².